The number of nitrogens with zero attached hydrogens (tertiary/aromatic N) is 1. The van der Waals surface area contributed by atoms with Gasteiger partial charge in [-0.15, -0.1) is 0 Å². The average Bonchev–Trinajstić information content (AvgIpc) is 2.75. The molecule has 0 radical (unpaired) electrons. The van der Waals surface area contributed by atoms with Gasteiger partial charge in [0.2, 0.25) is 5.96 Å². The molecular formula is C21H17ClFN3O2S. The minimum atomic E-state index is -0.332. The Bertz CT molecular complexity index is 1080. The van der Waals surface area contributed by atoms with Crippen LogP contribution < -0.4 is 19.5 Å². The molecule has 0 unspecified atom stereocenters. The molecule has 3 aromatic carbocycles. The van der Waals surface area contributed by atoms with Crippen molar-refractivity contribution < 1.29 is 13.9 Å². The second-order valence-electron chi connectivity index (χ2n) is 6.11. The lowest BCUT2D eigenvalue weighted by molar-refractivity contribution is 0.413. The van der Waals surface area contributed by atoms with Crippen molar-refractivity contribution in [1.29, 1.82) is 0 Å². The zero-order valence-electron chi connectivity index (χ0n) is 15.4. The van der Waals surface area contributed by atoms with Gasteiger partial charge in [-0.3, -0.25) is 4.72 Å². The van der Waals surface area contributed by atoms with E-state index in [4.69, 9.17) is 21.1 Å². The number of fused-ring (bicyclic) bond motifs is 1. The van der Waals surface area contributed by atoms with Gasteiger partial charge in [-0.1, -0.05) is 29.8 Å². The van der Waals surface area contributed by atoms with Crippen LogP contribution >= 0.6 is 23.5 Å². The van der Waals surface area contributed by atoms with Crippen LogP contribution in [0.5, 0.6) is 17.2 Å². The lowest BCUT2D eigenvalue weighted by atomic mass is 10.2. The molecule has 0 aromatic heterocycles. The first-order valence-corrected chi connectivity index (χ1v) is 9.95. The van der Waals surface area contributed by atoms with Gasteiger partial charge in [0, 0.05) is 5.56 Å². The van der Waals surface area contributed by atoms with Gasteiger partial charge in [0.25, 0.3) is 0 Å². The first kappa shape index (κ1) is 19.4. The molecule has 4 rings (SSSR count). The maximum Gasteiger partial charge on any atom is 0.206 e. The lowest BCUT2D eigenvalue weighted by Crippen LogP contribution is -2.29. The van der Waals surface area contributed by atoms with E-state index in [0.29, 0.717) is 33.8 Å². The zero-order chi connectivity index (χ0) is 20.2. The summed E-state index contributed by atoms with van der Waals surface area (Å²) >= 11 is 7.61. The van der Waals surface area contributed by atoms with Gasteiger partial charge in [0.1, 0.15) is 17.3 Å². The van der Waals surface area contributed by atoms with Crippen LogP contribution in [-0.2, 0) is 6.54 Å². The van der Waals surface area contributed by atoms with Crippen LogP contribution in [0.25, 0.3) is 0 Å². The third-order valence-electron chi connectivity index (χ3n) is 4.21. The monoisotopic (exact) mass is 429 g/mol. The highest BCUT2D eigenvalue weighted by Gasteiger charge is 2.19. The molecule has 1 aliphatic rings. The van der Waals surface area contributed by atoms with E-state index in [1.807, 2.05) is 30.3 Å². The number of hydrogen-bond donors (Lipinski definition) is 2. The Morgan fingerprint density at radius 3 is 2.72 bits per heavy atom. The molecule has 0 fully saturated rings. The first-order valence-electron chi connectivity index (χ1n) is 8.76. The predicted octanol–water partition coefficient (Wildman–Crippen LogP) is 5.86. The second kappa shape index (κ2) is 8.63. The SMILES string of the molecule is COc1ccc(F)c(CN=C2NSc3cccc(Oc4ccccc4Cl)c3N2)c1. The average molecular weight is 430 g/mol. The van der Waals surface area contributed by atoms with E-state index in [-0.39, 0.29) is 12.4 Å². The van der Waals surface area contributed by atoms with Crippen LogP contribution in [0.4, 0.5) is 10.1 Å². The maximum atomic E-state index is 14.0. The van der Waals surface area contributed by atoms with E-state index in [1.165, 1.54) is 18.0 Å². The number of nitrogens with one attached hydrogen (secondary N) is 2. The third kappa shape index (κ3) is 4.41. The standard InChI is InChI=1S/C21H17ClFN3O2S/c1-27-14-9-10-16(23)13(11-14)12-24-21-25-20-18(7-4-8-19(20)29-26-21)28-17-6-3-2-5-15(17)22/h2-11H,12H2,1H3,(H2,24,25,26). The highest BCUT2D eigenvalue weighted by atomic mass is 35.5. The summed E-state index contributed by atoms with van der Waals surface area (Å²) in [5.74, 6) is 1.93. The molecule has 29 heavy (non-hydrogen) atoms. The third-order valence-corrected chi connectivity index (χ3v) is 5.37. The molecule has 1 aliphatic heterocycles. The Balaban J connectivity index is 1.56. The van der Waals surface area contributed by atoms with E-state index in [9.17, 15) is 4.39 Å². The fraction of sp³-hybridized carbons (Fsp3) is 0.0952. The largest absolute Gasteiger partial charge is 0.497 e. The number of guanidine groups is 1. The zero-order valence-corrected chi connectivity index (χ0v) is 17.0. The van der Waals surface area contributed by atoms with Crippen LogP contribution in [-0.4, -0.2) is 13.1 Å². The van der Waals surface area contributed by atoms with E-state index >= 15 is 0 Å². The fourth-order valence-corrected chi connectivity index (χ4v) is 3.63. The molecule has 5 nitrogen and oxygen atoms in total. The molecule has 8 heteroatoms. The summed E-state index contributed by atoms with van der Waals surface area (Å²) in [6.45, 7) is 0.155. The molecule has 3 aromatic rings. The molecule has 0 saturated carbocycles. The second-order valence-corrected chi connectivity index (χ2v) is 7.37. The summed E-state index contributed by atoms with van der Waals surface area (Å²) in [4.78, 5) is 5.40. The lowest BCUT2D eigenvalue weighted by Gasteiger charge is -2.23. The molecule has 0 saturated heterocycles. The summed E-state index contributed by atoms with van der Waals surface area (Å²) in [5, 5.41) is 3.74. The Morgan fingerprint density at radius 1 is 1.07 bits per heavy atom. The Hall–Kier alpha value is -2.90. The van der Waals surface area contributed by atoms with Crippen LogP contribution in [0.1, 0.15) is 5.56 Å². The number of methoxy groups -OCH3 is 1. The quantitative estimate of drug-likeness (QED) is 0.497. The van der Waals surface area contributed by atoms with Crippen molar-refractivity contribution in [1.82, 2.24) is 4.72 Å². The van der Waals surface area contributed by atoms with Gasteiger partial charge in [-0.25, -0.2) is 9.38 Å². The van der Waals surface area contributed by atoms with Crippen molar-refractivity contribution >= 4 is 35.2 Å². The van der Waals surface area contributed by atoms with Gasteiger partial charge in [0.15, 0.2) is 5.75 Å². The number of hydrogen-bond acceptors (Lipinski definition) is 4. The van der Waals surface area contributed by atoms with Crippen LogP contribution in [0.15, 0.2) is 70.6 Å². The van der Waals surface area contributed by atoms with Crippen LogP contribution in [0, 0.1) is 5.82 Å². The molecule has 1 heterocycles. The Kier molecular flexibility index (Phi) is 5.78. The summed E-state index contributed by atoms with van der Waals surface area (Å²) in [6.07, 6.45) is 0. The van der Waals surface area contributed by atoms with Gasteiger partial charge in [0.05, 0.1) is 29.3 Å². The van der Waals surface area contributed by atoms with Crippen molar-refractivity contribution in [3.8, 4) is 17.2 Å². The van der Waals surface area contributed by atoms with Crippen molar-refractivity contribution in [2.24, 2.45) is 4.99 Å². The number of rotatable bonds is 5. The Morgan fingerprint density at radius 2 is 1.90 bits per heavy atom. The molecule has 0 amide bonds. The highest BCUT2D eigenvalue weighted by Crippen LogP contribution is 2.40. The van der Waals surface area contributed by atoms with Gasteiger partial charge < -0.3 is 14.8 Å². The van der Waals surface area contributed by atoms with Crippen molar-refractivity contribution in [2.75, 3.05) is 12.4 Å². The van der Waals surface area contributed by atoms with Crippen LogP contribution in [0.2, 0.25) is 5.02 Å². The number of ether oxygens (including phenoxy) is 2. The van der Waals surface area contributed by atoms with Crippen LogP contribution in [0.3, 0.4) is 0 Å². The smallest absolute Gasteiger partial charge is 0.206 e. The number of halogens is 2. The Labute approximate surface area is 177 Å². The topological polar surface area (TPSA) is 54.9 Å². The maximum absolute atomic E-state index is 14.0. The normalized spacial score (nSPS) is 14.0. The van der Waals surface area contributed by atoms with Gasteiger partial charge in [-0.05, 0) is 54.4 Å². The number of aliphatic imine (C=N–C) groups is 1. The predicted molar refractivity (Wildman–Crippen MR) is 115 cm³/mol. The van der Waals surface area contributed by atoms with Gasteiger partial charge in [-0.2, -0.15) is 0 Å². The molecule has 2 N–H and O–H groups in total. The number of anilines is 1. The van der Waals surface area contributed by atoms with E-state index in [2.05, 4.69) is 15.0 Å². The molecule has 148 valence electrons. The minimum absolute atomic E-state index is 0.155. The molecular weight excluding hydrogens is 413 g/mol. The van der Waals surface area contributed by atoms with E-state index in [0.717, 1.165) is 10.6 Å². The number of para-hydroxylation sites is 2. The number of benzene rings is 3. The molecule has 0 atom stereocenters. The summed E-state index contributed by atoms with van der Waals surface area (Å²) < 4.78 is 28.3. The first-order chi connectivity index (χ1) is 14.1. The molecule has 0 aliphatic carbocycles. The minimum Gasteiger partial charge on any atom is -0.497 e. The summed E-state index contributed by atoms with van der Waals surface area (Å²) in [5.41, 5.74) is 1.21. The summed E-state index contributed by atoms with van der Waals surface area (Å²) in [7, 11) is 1.54. The fourth-order valence-electron chi connectivity index (χ4n) is 2.73. The summed E-state index contributed by atoms with van der Waals surface area (Å²) in [6, 6.07) is 17.6. The highest BCUT2D eigenvalue weighted by molar-refractivity contribution is 7.98. The van der Waals surface area contributed by atoms with E-state index in [1.54, 1.807) is 31.4 Å². The molecule has 0 bridgehead atoms. The van der Waals surface area contributed by atoms with E-state index < -0.39 is 0 Å². The van der Waals surface area contributed by atoms with Crippen molar-refractivity contribution in [3.05, 3.63) is 77.1 Å². The van der Waals surface area contributed by atoms with Gasteiger partial charge >= 0.3 is 0 Å². The van der Waals surface area contributed by atoms with Crippen molar-refractivity contribution in [3.63, 3.8) is 0 Å². The molecule has 0 spiro atoms. The van der Waals surface area contributed by atoms with Crippen molar-refractivity contribution in [2.45, 2.75) is 11.4 Å².